The topological polar surface area (TPSA) is 8.17 Å². The van der Waals surface area contributed by atoms with Crippen LogP contribution in [0.4, 0.5) is 0 Å². The molecule has 0 aliphatic carbocycles. The number of likely N-dealkylation sites (N-methyl/N-ethyl adjacent to an activating group) is 1. The summed E-state index contributed by atoms with van der Waals surface area (Å²) in [6.45, 7) is 4.24. The van der Waals surface area contributed by atoms with E-state index in [1.54, 1.807) is 11.3 Å². The molecule has 0 bridgehead atoms. The summed E-state index contributed by atoms with van der Waals surface area (Å²) in [7, 11) is 2.18. The highest BCUT2D eigenvalue weighted by molar-refractivity contribution is 7.22. The summed E-state index contributed by atoms with van der Waals surface area (Å²) in [5, 5.41) is 1.32. The van der Waals surface area contributed by atoms with Crippen molar-refractivity contribution >= 4 is 45.4 Å². The molecule has 2 nitrogen and oxygen atoms in total. The minimum absolute atomic E-state index is 0.865. The van der Waals surface area contributed by atoms with Gasteiger partial charge in [0.1, 0.15) is 4.83 Å². The van der Waals surface area contributed by atoms with E-state index in [4.69, 9.17) is 11.6 Å². The second-order valence-electron chi connectivity index (χ2n) is 6.28. The zero-order chi connectivity index (χ0) is 16.0. The van der Waals surface area contributed by atoms with Gasteiger partial charge >= 0.3 is 0 Å². The number of thiophene rings is 1. The van der Waals surface area contributed by atoms with Crippen molar-refractivity contribution < 1.29 is 0 Å². The zero-order valence-electron chi connectivity index (χ0n) is 13.3. The maximum atomic E-state index is 6.28. The average molecular weight is 343 g/mol. The van der Waals surface area contributed by atoms with Gasteiger partial charge in [-0.15, -0.1) is 11.3 Å². The summed E-state index contributed by atoms with van der Waals surface area (Å²) in [5.41, 5.74) is 5.39. The van der Waals surface area contributed by atoms with Crippen molar-refractivity contribution in [3.63, 3.8) is 0 Å². The first-order chi connectivity index (χ1) is 11.1. The molecule has 0 radical (unpaired) electrons. The van der Waals surface area contributed by atoms with Crippen molar-refractivity contribution in [1.82, 2.24) is 9.47 Å². The van der Waals surface area contributed by atoms with Crippen molar-refractivity contribution in [1.29, 1.82) is 0 Å². The van der Waals surface area contributed by atoms with Crippen LogP contribution < -0.4 is 0 Å². The molecular formula is C19H19ClN2S. The number of aromatic nitrogens is 1. The standard InChI is InChI=1S/C19H19ClN2S/c1-13-4-3-5-14(10-13)6-9-22-17-7-8-21(2)12-16(17)15-11-18(20)23-19(15)22/h3-6,9-11H,7-8,12H2,1-2H3/b9-6+. The third kappa shape index (κ3) is 2.74. The SMILES string of the molecule is Cc1cccc(/C=C/n2c3c(c4cc(Cl)sc42)CN(C)CC3)c1. The highest BCUT2D eigenvalue weighted by Crippen LogP contribution is 2.38. The van der Waals surface area contributed by atoms with Crippen LogP contribution in [0.15, 0.2) is 30.3 Å². The molecule has 0 unspecified atom stereocenters. The molecule has 23 heavy (non-hydrogen) atoms. The van der Waals surface area contributed by atoms with Gasteiger partial charge in [-0.25, -0.2) is 0 Å². The van der Waals surface area contributed by atoms with E-state index in [0.29, 0.717) is 0 Å². The van der Waals surface area contributed by atoms with Gasteiger partial charge in [-0.1, -0.05) is 41.4 Å². The molecule has 0 amide bonds. The molecule has 1 aliphatic rings. The van der Waals surface area contributed by atoms with Gasteiger partial charge in [0.15, 0.2) is 0 Å². The summed E-state index contributed by atoms with van der Waals surface area (Å²) in [6.07, 6.45) is 5.48. The van der Waals surface area contributed by atoms with Crippen molar-refractivity contribution in [3.8, 4) is 0 Å². The Morgan fingerprint density at radius 2 is 2.13 bits per heavy atom. The Morgan fingerprint density at radius 3 is 2.96 bits per heavy atom. The number of hydrogen-bond acceptors (Lipinski definition) is 2. The normalized spacial score (nSPS) is 15.6. The number of nitrogens with zero attached hydrogens (tertiary/aromatic N) is 2. The lowest BCUT2D eigenvalue weighted by molar-refractivity contribution is 0.312. The van der Waals surface area contributed by atoms with E-state index >= 15 is 0 Å². The second-order valence-corrected chi connectivity index (χ2v) is 7.94. The third-order valence-electron chi connectivity index (χ3n) is 4.48. The fourth-order valence-electron chi connectivity index (χ4n) is 3.36. The van der Waals surface area contributed by atoms with Crippen LogP contribution in [0.3, 0.4) is 0 Å². The van der Waals surface area contributed by atoms with E-state index in [2.05, 4.69) is 66.0 Å². The molecule has 2 aromatic heterocycles. The molecule has 0 spiro atoms. The monoisotopic (exact) mass is 342 g/mol. The Morgan fingerprint density at radius 1 is 1.26 bits per heavy atom. The maximum Gasteiger partial charge on any atom is 0.108 e. The van der Waals surface area contributed by atoms with Crippen LogP contribution in [-0.2, 0) is 13.0 Å². The summed E-state index contributed by atoms with van der Waals surface area (Å²) >= 11 is 7.95. The highest BCUT2D eigenvalue weighted by atomic mass is 35.5. The smallest absolute Gasteiger partial charge is 0.108 e. The first kappa shape index (κ1) is 15.0. The van der Waals surface area contributed by atoms with Crippen LogP contribution in [0.2, 0.25) is 4.34 Å². The highest BCUT2D eigenvalue weighted by Gasteiger charge is 2.23. The molecule has 0 atom stereocenters. The lowest BCUT2D eigenvalue weighted by Crippen LogP contribution is -2.26. The van der Waals surface area contributed by atoms with Gasteiger partial charge in [0.25, 0.3) is 0 Å². The summed E-state index contributed by atoms with van der Waals surface area (Å²) in [4.78, 5) is 3.64. The quantitative estimate of drug-likeness (QED) is 0.615. The molecule has 0 saturated carbocycles. The summed E-state index contributed by atoms with van der Waals surface area (Å²) in [5.74, 6) is 0. The Hall–Kier alpha value is -1.55. The molecule has 1 aromatic carbocycles. The van der Waals surface area contributed by atoms with Crippen LogP contribution in [0.5, 0.6) is 0 Å². The fraction of sp³-hybridized carbons (Fsp3) is 0.263. The van der Waals surface area contributed by atoms with Gasteiger partial charge in [-0.3, -0.25) is 0 Å². The molecule has 3 aromatic rings. The Bertz CT molecular complexity index is 904. The largest absolute Gasteiger partial charge is 0.312 e. The zero-order valence-corrected chi connectivity index (χ0v) is 14.9. The van der Waals surface area contributed by atoms with Crippen LogP contribution in [0.25, 0.3) is 22.5 Å². The Balaban J connectivity index is 1.83. The van der Waals surface area contributed by atoms with Crippen molar-refractivity contribution in [2.75, 3.05) is 13.6 Å². The summed E-state index contributed by atoms with van der Waals surface area (Å²) in [6, 6.07) is 10.7. The van der Waals surface area contributed by atoms with Gasteiger partial charge in [-0.2, -0.15) is 0 Å². The van der Waals surface area contributed by atoms with Crippen molar-refractivity contribution in [2.45, 2.75) is 19.9 Å². The van der Waals surface area contributed by atoms with E-state index in [1.165, 1.54) is 32.6 Å². The van der Waals surface area contributed by atoms with Crippen LogP contribution in [0, 0.1) is 6.92 Å². The lowest BCUT2D eigenvalue weighted by atomic mass is 10.1. The molecule has 3 heterocycles. The second kappa shape index (κ2) is 5.82. The predicted molar refractivity (Wildman–Crippen MR) is 101 cm³/mol. The van der Waals surface area contributed by atoms with E-state index in [9.17, 15) is 0 Å². The molecule has 118 valence electrons. The Labute approximate surface area is 145 Å². The number of rotatable bonds is 2. The number of halogens is 1. The van der Waals surface area contributed by atoms with Crippen LogP contribution in [-0.4, -0.2) is 23.1 Å². The van der Waals surface area contributed by atoms with E-state index in [0.717, 1.165) is 23.8 Å². The molecular weight excluding hydrogens is 324 g/mol. The first-order valence-electron chi connectivity index (χ1n) is 7.86. The number of hydrogen-bond donors (Lipinski definition) is 0. The average Bonchev–Trinajstić information content (AvgIpc) is 3.01. The van der Waals surface area contributed by atoms with Crippen LogP contribution in [0.1, 0.15) is 22.4 Å². The number of fused-ring (bicyclic) bond motifs is 3. The van der Waals surface area contributed by atoms with Gasteiger partial charge in [0.05, 0.1) is 4.34 Å². The fourth-order valence-corrected chi connectivity index (χ4v) is 4.61. The molecule has 0 saturated heterocycles. The van der Waals surface area contributed by atoms with Gasteiger partial charge in [0.2, 0.25) is 0 Å². The number of benzene rings is 1. The number of aryl methyl sites for hydroxylation is 1. The third-order valence-corrected chi connectivity index (χ3v) is 5.75. The van der Waals surface area contributed by atoms with E-state index in [1.807, 2.05) is 0 Å². The lowest BCUT2D eigenvalue weighted by Gasteiger charge is -2.23. The minimum Gasteiger partial charge on any atom is -0.312 e. The summed E-state index contributed by atoms with van der Waals surface area (Å²) < 4.78 is 3.21. The van der Waals surface area contributed by atoms with E-state index in [-0.39, 0.29) is 0 Å². The van der Waals surface area contributed by atoms with Crippen molar-refractivity contribution in [2.24, 2.45) is 0 Å². The minimum atomic E-state index is 0.865. The van der Waals surface area contributed by atoms with Gasteiger partial charge in [0, 0.05) is 36.8 Å². The van der Waals surface area contributed by atoms with Crippen molar-refractivity contribution in [3.05, 3.63) is 57.1 Å². The van der Waals surface area contributed by atoms with Gasteiger partial charge in [-0.05, 0) is 37.2 Å². The first-order valence-corrected chi connectivity index (χ1v) is 9.05. The van der Waals surface area contributed by atoms with E-state index < -0.39 is 0 Å². The van der Waals surface area contributed by atoms with Gasteiger partial charge < -0.3 is 9.47 Å². The molecule has 4 heteroatoms. The predicted octanol–water partition coefficient (Wildman–Crippen LogP) is 5.28. The van der Waals surface area contributed by atoms with Crippen LogP contribution >= 0.6 is 22.9 Å². The molecule has 1 aliphatic heterocycles. The Kier molecular flexibility index (Phi) is 3.80. The molecule has 0 N–H and O–H groups in total. The maximum absolute atomic E-state index is 6.28. The molecule has 4 rings (SSSR count). The molecule has 0 fully saturated rings.